The van der Waals surface area contributed by atoms with Gasteiger partial charge in [-0.3, -0.25) is 25.0 Å². The number of rotatable bonds is 6. The van der Waals surface area contributed by atoms with E-state index in [1.54, 1.807) is 0 Å². The van der Waals surface area contributed by atoms with E-state index in [-0.39, 0.29) is 13.2 Å². The summed E-state index contributed by atoms with van der Waals surface area (Å²) in [6.45, 7) is 0.287. The highest BCUT2D eigenvalue weighted by Crippen LogP contribution is 2.35. The van der Waals surface area contributed by atoms with Crippen molar-refractivity contribution in [2.75, 3.05) is 6.54 Å². The van der Waals surface area contributed by atoms with Crippen LogP contribution in [-0.2, 0) is 27.1 Å². The summed E-state index contributed by atoms with van der Waals surface area (Å²) in [5, 5.41) is 2.53. The monoisotopic (exact) mass is 416 g/mol. The maximum atomic E-state index is 12.4. The van der Waals surface area contributed by atoms with Gasteiger partial charge in [0.2, 0.25) is 0 Å². The molecule has 2 aromatic rings. The molecule has 0 aromatic heterocycles. The standard InChI is InChI=1S/C20H25N4O4P/c21-29(22,27)24-12-6-11-18(19(24)25)23-20(26)28-14-17-10-5-4-9-16(17)13-15-7-2-1-3-8-15/h1-5,7-10,18H,6,11-14H2,(H,23,26)(H4,21,22,27)/t18-/m0/s1. The molecule has 0 saturated carbocycles. The molecule has 1 fully saturated rings. The van der Waals surface area contributed by atoms with Crippen molar-refractivity contribution >= 4 is 19.6 Å². The normalized spacial score (nSPS) is 17.1. The fourth-order valence-electron chi connectivity index (χ4n) is 3.32. The molecule has 2 aromatic carbocycles. The van der Waals surface area contributed by atoms with E-state index >= 15 is 0 Å². The van der Waals surface area contributed by atoms with Gasteiger partial charge in [0, 0.05) is 6.54 Å². The highest BCUT2D eigenvalue weighted by molar-refractivity contribution is 7.57. The Kier molecular flexibility index (Phi) is 6.69. The first-order chi connectivity index (χ1) is 13.8. The first-order valence-corrected chi connectivity index (χ1v) is 11.2. The number of ether oxygens (including phenoxy) is 1. The predicted molar refractivity (Wildman–Crippen MR) is 110 cm³/mol. The number of carbonyl (C=O) groups is 2. The lowest BCUT2D eigenvalue weighted by atomic mass is 10.0. The van der Waals surface area contributed by atoms with E-state index in [2.05, 4.69) is 5.32 Å². The Labute approximate surface area is 169 Å². The Balaban J connectivity index is 1.59. The van der Waals surface area contributed by atoms with E-state index in [9.17, 15) is 14.2 Å². The van der Waals surface area contributed by atoms with Crippen molar-refractivity contribution in [2.24, 2.45) is 11.0 Å². The molecule has 1 aliphatic rings. The van der Waals surface area contributed by atoms with Crippen molar-refractivity contribution in [3.8, 4) is 0 Å². The average Bonchev–Trinajstić information content (AvgIpc) is 2.69. The van der Waals surface area contributed by atoms with Crippen LogP contribution in [0.2, 0.25) is 0 Å². The van der Waals surface area contributed by atoms with E-state index in [4.69, 9.17) is 15.7 Å². The van der Waals surface area contributed by atoms with E-state index < -0.39 is 25.6 Å². The summed E-state index contributed by atoms with van der Waals surface area (Å²) in [7, 11) is -3.69. The second-order valence-electron chi connectivity index (χ2n) is 6.98. The second kappa shape index (κ2) is 9.22. The molecule has 9 heteroatoms. The van der Waals surface area contributed by atoms with Crippen LogP contribution < -0.4 is 16.3 Å². The maximum Gasteiger partial charge on any atom is 0.408 e. The highest BCUT2D eigenvalue weighted by Gasteiger charge is 2.36. The molecular weight excluding hydrogens is 391 g/mol. The number of carbonyl (C=O) groups excluding carboxylic acids is 2. The number of hydrogen-bond donors (Lipinski definition) is 3. The van der Waals surface area contributed by atoms with Crippen LogP contribution in [0.3, 0.4) is 0 Å². The lowest BCUT2D eigenvalue weighted by Gasteiger charge is -2.33. The summed E-state index contributed by atoms with van der Waals surface area (Å²) in [4.78, 5) is 24.6. The van der Waals surface area contributed by atoms with Gasteiger partial charge < -0.3 is 10.1 Å². The van der Waals surface area contributed by atoms with Crippen molar-refractivity contribution in [1.29, 1.82) is 0 Å². The third-order valence-electron chi connectivity index (χ3n) is 4.80. The molecule has 29 heavy (non-hydrogen) atoms. The van der Waals surface area contributed by atoms with Crippen molar-refractivity contribution in [1.82, 2.24) is 9.99 Å². The van der Waals surface area contributed by atoms with Gasteiger partial charge in [-0.2, -0.15) is 0 Å². The molecule has 0 unspecified atom stereocenters. The Morgan fingerprint density at radius 1 is 1.10 bits per heavy atom. The minimum atomic E-state index is -3.69. The topological polar surface area (TPSA) is 128 Å². The van der Waals surface area contributed by atoms with Crippen molar-refractivity contribution in [3.63, 3.8) is 0 Å². The highest BCUT2D eigenvalue weighted by atomic mass is 31.2. The van der Waals surface area contributed by atoms with Crippen LogP contribution in [0, 0.1) is 0 Å². The minimum Gasteiger partial charge on any atom is -0.445 e. The van der Waals surface area contributed by atoms with Crippen LogP contribution in [0.25, 0.3) is 0 Å². The molecular formula is C20H25N4O4P. The Bertz CT molecular complexity index is 916. The van der Waals surface area contributed by atoms with Crippen LogP contribution >= 0.6 is 7.59 Å². The van der Waals surface area contributed by atoms with Crippen LogP contribution in [0.4, 0.5) is 4.79 Å². The van der Waals surface area contributed by atoms with Crippen LogP contribution in [-0.4, -0.2) is 29.3 Å². The van der Waals surface area contributed by atoms with E-state index in [0.717, 1.165) is 27.8 Å². The van der Waals surface area contributed by atoms with Crippen LogP contribution in [0.1, 0.15) is 29.5 Å². The largest absolute Gasteiger partial charge is 0.445 e. The smallest absolute Gasteiger partial charge is 0.408 e. The number of nitrogens with one attached hydrogen (secondary N) is 1. The number of amides is 2. The summed E-state index contributed by atoms with van der Waals surface area (Å²) in [5.74, 6) is -0.550. The lowest BCUT2D eigenvalue weighted by Crippen LogP contribution is -2.52. The van der Waals surface area contributed by atoms with Gasteiger partial charge in [-0.15, -0.1) is 0 Å². The molecule has 3 rings (SSSR count). The van der Waals surface area contributed by atoms with Gasteiger partial charge in [-0.05, 0) is 36.0 Å². The average molecular weight is 416 g/mol. The Morgan fingerprint density at radius 3 is 2.45 bits per heavy atom. The van der Waals surface area contributed by atoms with Gasteiger partial charge in [0.25, 0.3) is 5.91 Å². The minimum absolute atomic E-state index is 0.0751. The number of nitrogens with zero attached hydrogens (tertiary/aromatic N) is 1. The fraction of sp³-hybridized carbons (Fsp3) is 0.300. The number of piperidine rings is 1. The molecule has 1 atom stereocenters. The molecule has 8 nitrogen and oxygen atoms in total. The molecule has 154 valence electrons. The summed E-state index contributed by atoms with van der Waals surface area (Å²) in [6.07, 6.45) is 0.952. The van der Waals surface area contributed by atoms with Crippen molar-refractivity contribution in [3.05, 3.63) is 71.3 Å². The summed E-state index contributed by atoms with van der Waals surface area (Å²) in [5.41, 5.74) is 13.9. The predicted octanol–water partition coefficient (Wildman–Crippen LogP) is 2.52. The summed E-state index contributed by atoms with van der Waals surface area (Å²) in [6, 6.07) is 16.9. The SMILES string of the molecule is NP(N)(=O)N1CCC[C@H](NC(=O)OCc2ccccc2Cc2ccccc2)C1=O. The van der Waals surface area contributed by atoms with Gasteiger partial charge in [0.15, 0.2) is 0 Å². The number of hydrogen-bond acceptors (Lipinski definition) is 4. The van der Waals surface area contributed by atoms with Gasteiger partial charge in [-0.1, -0.05) is 54.6 Å². The van der Waals surface area contributed by atoms with Gasteiger partial charge in [0.05, 0.1) is 0 Å². The third-order valence-corrected chi connectivity index (χ3v) is 5.95. The molecule has 0 radical (unpaired) electrons. The molecule has 2 amide bonds. The zero-order chi connectivity index (χ0) is 20.9. The van der Waals surface area contributed by atoms with Crippen molar-refractivity contribution < 1.29 is 18.9 Å². The number of alkyl carbamates (subject to hydrolysis) is 1. The molecule has 1 aliphatic heterocycles. The summed E-state index contributed by atoms with van der Waals surface area (Å²) >= 11 is 0. The van der Waals surface area contributed by atoms with E-state index in [1.165, 1.54) is 0 Å². The molecule has 1 saturated heterocycles. The Hall–Kier alpha value is -2.67. The Morgan fingerprint density at radius 2 is 1.76 bits per heavy atom. The fourth-order valence-corrected chi connectivity index (χ4v) is 4.22. The second-order valence-corrected chi connectivity index (χ2v) is 8.81. The maximum absolute atomic E-state index is 12.4. The zero-order valence-corrected chi connectivity index (χ0v) is 16.9. The quantitative estimate of drug-likeness (QED) is 0.621. The van der Waals surface area contributed by atoms with Crippen LogP contribution in [0.5, 0.6) is 0 Å². The first kappa shape index (κ1) is 21.0. The van der Waals surface area contributed by atoms with E-state index in [0.29, 0.717) is 12.8 Å². The van der Waals surface area contributed by atoms with Crippen molar-refractivity contribution in [2.45, 2.75) is 31.9 Å². The first-order valence-electron chi connectivity index (χ1n) is 9.37. The van der Waals surface area contributed by atoms with Gasteiger partial charge in [0.1, 0.15) is 12.6 Å². The van der Waals surface area contributed by atoms with E-state index in [1.807, 2.05) is 54.6 Å². The number of benzene rings is 2. The lowest BCUT2D eigenvalue weighted by molar-refractivity contribution is -0.130. The molecule has 0 spiro atoms. The number of nitrogens with two attached hydrogens (primary N) is 2. The van der Waals surface area contributed by atoms with Crippen LogP contribution in [0.15, 0.2) is 54.6 Å². The molecule has 1 heterocycles. The molecule has 0 bridgehead atoms. The zero-order valence-electron chi connectivity index (χ0n) is 16.0. The summed E-state index contributed by atoms with van der Waals surface area (Å²) < 4.78 is 18.1. The molecule has 0 aliphatic carbocycles. The van der Waals surface area contributed by atoms with Gasteiger partial charge in [-0.25, -0.2) is 4.79 Å². The molecule has 5 N–H and O–H groups in total. The third kappa shape index (κ3) is 5.67. The van der Waals surface area contributed by atoms with Gasteiger partial charge >= 0.3 is 13.7 Å².